The standard InChI is InChI=1S/C15H10N2/c1-3-7-13-11(5-1)9-15(17-13)10-16-14-8-4-2-6-12(14)15/h1-10H. The van der Waals surface area contributed by atoms with E-state index in [1.807, 2.05) is 36.5 Å². The van der Waals surface area contributed by atoms with E-state index < -0.39 is 0 Å². The van der Waals surface area contributed by atoms with Crippen molar-refractivity contribution < 1.29 is 0 Å². The lowest BCUT2D eigenvalue weighted by atomic mass is 9.93. The summed E-state index contributed by atoms with van der Waals surface area (Å²) in [6.07, 6.45) is 4.13. The highest BCUT2D eigenvalue weighted by Gasteiger charge is 2.35. The fourth-order valence-electron chi connectivity index (χ4n) is 2.55. The molecule has 4 rings (SSSR count). The second-order valence-electron chi connectivity index (χ2n) is 4.42. The van der Waals surface area contributed by atoms with E-state index >= 15 is 0 Å². The van der Waals surface area contributed by atoms with Gasteiger partial charge in [-0.05, 0) is 23.4 Å². The normalized spacial score (nSPS) is 23.1. The van der Waals surface area contributed by atoms with Crippen LogP contribution in [0.25, 0.3) is 6.08 Å². The van der Waals surface area contributed by atoms with Crippen molar-refractivity contribution >= 4 is 18.0 Å². The smallest absolute Gasteiger partial charge is 0.143 e. The van der Waals surface area contributed by atoms with E-state index in [1.165, 1.54) is 10.8 Å². The van der Waals surface area contributed by atoms with Crippen molar-refractivity contribution in [1.29, 1.82) is 0 Å². The Morgan fingerprint density at radius 2 is 1.71 bits per heavy atom. The van der Waals surface area contributed by atoms with Crippen molar-refractivity contribution in [2.24, 2.45) is 9.98 Å². The fourth-order valence-corrected chi connectivity index (χ4v) is 2.55. The van der Waals surface area contributed by atoms with E-state index in [0.717, 1.165) is 11.0 Å². The zero-order valence-corrected chi connectivity index (χ0v) is 9.17. The van der Waals surface area contributed by atoms with Gasteiger partial charge in [0.1, 0.15) is 5.54 Å². The molecule has 0 saturated carbocycles. The van der Waals surface area contributed by atoms with Crippen LogP contribution in [0.2, 0.25) is 0 Å². The average molecular weight is 218 g/mol. The Balaban J connectivity index is 2.06. The molecule has 17 heavy (non-hydrogen) atoms. The number of hydrogen-bond acceptors (Lipinski definition) is 2. The minimum atomic E-state index is -0.361. The van der Waals surface area contributed by atoms with Crippen LogP contribution in [0.1, 0.15) is 5.56 Å². The maximum Gasteiger partial charge on any atom is 0.143 e. The number of fused-ring (bicyclic) bond motifs is 3. The molecule has 2 heterocycles. The first-order chi connectivity index (χ1) is 8.37. The summed E-state index contributed by atoms with van der Waals surface area (Å²) in [4.78, 5) is 9.29. The third-order valence-electron chi connectivity index (χ3n) is 3.35. The van der Waals surface area contributed by atoms with Gasteiger partial charge < -0.3 is 0 Å². The van der Waals surface area contributed by atoms with Gasteiger partial charge in [-0.15, -0.1) is 0 Å². The van der Waals surface area contributed by atoms with Crippen LogP contribution in [-0.2, 0) is 5.54 Å². The Morgan fingerprint density at radius 1 is 0.882 bits per heavy atom. The predicted molar refractivity (Wildman–Crippen MR) is 68.0 cm³/mol. The number of aliphatic imine (C=N–C) groups is 1. The summed E-state index contributed by atoms with van der Waals surface area (Å²) in [5.74, 6) is 0. The van der Waals surface area contributed by atoms with E-state index in [1.54, 1.807) is 0 Å². The zero-order chi connectivity index (χ0) is 11.3. The molecule has 2 aliphatic rings. The number of para-hydroxylation sites is 2. The first-order valence-corrected chi connectivity index (χ1v) is 5.70. The molecule has 1 unspecified atom stereocenters. The summed E-state index contributed by atoms with van der Waals surface area (Å²) in [5.41, 5.74) is 1.84. The van der Waals surface area contributed by atoms with E-state index in [-0.39, 0.29) is 5.54 Å². The highest BCUT2D eigenvalue weighted by Crippen LogP contribution is 2.39. The second kappa shape index (κ2) is 2.92. The second-order valence-corrected chi connectivity index (χ2v) is 4.42. The van der Waals surface area contributed by atoms with Crippen LogP contribution in [0, 0.1) is 0 Å². The fraction of sp³-hybridized carbons (Fsp3) is 0.0667. The van der Waals surface area contributed by atoms with Gasteiger partial charge in [-0.2, -0.15) is 0 Å². The summed E-state index contributed by atoms with van der Waals surface area (Å²) in [6, 6.07) is 16.4. The lowest BCUT2D eigenvalue weighted by molar-refractivity contribution is 0.836. The molecule has 2 aromatic carbocycles. The number of benzene rings is 2. The summed E-state index contributed by atoms with van der Waals surface area (Å²) in [7, 11) is 0. The van der Waals surface area contributed by atoms with Crippen LogP contribution in [0.3, 0.4) is 0 Å². The molecule has 1 atom stereocenters. The van der Waals surface area contributed by atoms with Crippen LogP contribution in [0.15, 0.2) is 58.5 Å². The van der Waals surface area contributed by atoms with Gasteiger partial charge in [-0.1, -0.05) is 36.4 Å². The van der Waals surface area contributed by atoms with Crippen LogP contribution in [-0.4, -0.2) is 6.21 Å². The maximum atomic E-state index is 4.82. The quantitative estimate of drug-likeness (QED) is 0.643. The van der Waals surface area contributed by atoms with E-state index in [0.29, 0.717) is 0 Å². The SMILES string of the molecule is C1=Nc2ccccc2C12C=c1ccccc1=N2. The Bertz CT molecular complexity index is 721. The van der Waals surface area contributed by atoms with Gasteiger partial charge in [0.15, 0.2) is 0 Å². The molecular weight excluding hydrogens is 208 g/mol. The molecule has 1 spiro atoms. The van der Waals surface area contributed by atoms with Gasteiger partial charge >= 0.3 is 0 Å². The molecule has 0 amide bonds. The molecular formula is C15H10N2. The van der Waals surface area contributed by atoms with Gasteiger partial charge in [0.25, 0.3) is 0 Å². The van der Waals surface area contributed by atoms with Crippen molar-refractivity contribution in [2.45, 2.75) is 5.54 Å². The van der Waals surface area contributed by atoms with Crippen molar-refractivity contribution in [2.75, 3.05) is 0 Å². The Labute approximate surface area is 98.7 Å². The van der Waals surface area contributed by atoms with E-state index in [4.69, 9.17) is 4.99 Å². The lowest BCUT2D eigenvalue weighted by Gasteiger charge is -2.15. The summed E-state index contributed by atoms with van der Waals surface area (Å²) in [5, 5.41) is 2.24. The van der Waals surface area contributed by atoms with Crippen molar-refractivity contribution in [3.8, 4) is 0 Å². The van der Waals surface area contributed by atoms with Gasteiger partial charge in [0.2, 0.25) is 0 Å². The van der Waals surface area contributed by atoms with Gasteiger partial charge in [-0.3, -0.25) is 9.98 Å². The first kappa shape index (κ1) is 8.88. The van der Waals surface area contributed by atoms with Crippen molar-refractivity contribution in [3.63, 3.8) is 0 Å². The minimum Gasteiger partial charge on any atom is -0.263 e. The third kappa shape index (κ3) is 1.10. The van der Waals surface area contributed by atoms with Crippen LogP contribution >= 0.6 is 0 Å². The first-order valence-electron chi connectivity index (χ1n) is 5.70. The number of hydrogen-bond donors (Lipinski definition) is 0. The number of nitrogens with zero attached hydrogens (tertiary/aromatic N) is 2. The van der Waals surface area contributed by atoms with E-state index in [2.05, 4.69) is 29.3 Å². The lowest BCUT2D eigenvalue weighted by Crippen LogP contribution is -2.19. The molecule has 0 fully saturated rings. The Kier molecular flexibility index (Phi) is 1.52. The Hall–Kier alpha value is -2.22. The topological polar surface area (TPSA) is 24.7 Å². The summed E-state index contributed by atoms with van der Waals surface area (Å²) < 4.78 is 0. The Morgan fingerprint density at radius 3 is 2.65 bits per heavy atom. The zero-order valence-electron chi connectivity index (χ0n) is 9.17. The van der Waals surface area contributed by atoms with Crippen molar-refractivity contribution in [1.82, 2.24) is 0 Å². The highest BCUT2D eigenvalue weighted by atomic mass is 14.9. The molecule has 0 aliphatic carbocycles. The van der Waals surface area contributed by atoms with Gasteiger partial charge in [-0.25, -0.2) is 0 Å². The predicted octanol–water partition coefficient (Wildman–Crippen LogP) is 1.71. The van der Waals surface area contributed by atoms with Gasteiger partial charge in [0, 0.05) is 11.8 Å². The molecule has 0 radical (unpaired) electrons. The molecule has 2 aliphatic heterocycles. The molecule has 0 N–H and O–H groups in total. The highest BCUT2D eigenvalue weighted by molar-refractivity contribution is 5.92. The summed E-state index contributed by atoms with van der Waals surface area (Å²) in [6.45, 7) is 0. The minimum absolute atomic E-state index is 0.361. The molecule has 0 aromatic heterocycles. The third-order valence-corrected chi connectivity index (χ3v) is 3.35. The van der Waals surface area contributed by atoms with E-state index in [9.17, 15) is 0 Å². The molecule has 0 saturated heterocycles. The molecule has 2 aromatic rings. The van der Waals surface area contributed by atoms with Crippen LogP contribution in [0.5, 0.6) is 0 Å². The maximum absolute atomic E-state index is 4.82. The average Bonchev–Trinajstić information content (AvgIpc) is 2.92. The monoisotopic (exact) mass is 218 g/mol. The summed E-state index contributed by atoms with van der Waals surface area (Å²) >= 11 is 0. The number of rotatable bonds is 0. The van der Waals surface area contributed by atoms with Crippen LogP contribution in [0.4, 0.5) is 5.69 Å². The van der Waals surface area contributed by atoms with Gasteiger partial charge in [0.05, 0.1) is 11.0 Å². The molecule has 80 valence electrons. The largest absolute Gasteiger partial charge is 0.263 e. The molecule has 0 bridgehead atoms. The molecule has 2 nitrogen and oxygen atoms in total. The molecule has 2 heteroatoms. The van der Waals surface area contributed by atoms with Crippen molar-refractivity contribution in [3.05, 3.63) is 64.7 Å². The van der Waals surface area contributed by atoms with Crippen LogP contribution < -0.4 is 10.6 Å².